The lowest BCUT2D eigenvalue weighted by Gasteiger charge is -2.33. The van der Waals surface area contributed by atoms with E-state index in [1.807, 2.05) is 13.2 Å². The summed E-state index contributed by atoms with van der Waals surface area (Å²) in [4.78, 5) is 12.5. The first-order valence-electron chi connectivity index (χ1n) is 8.17. The molecule has 6 heteroatoms. The van der Waals surface area contributed by atoms with Gasteiger partial charge in [0.15, 0.2) is 5.96 Å². The molecule has 0 aliphatic carbocycles. The fourth-order valence-corrected chi connectivity index (χ4v) is 3.53. The van der Waals surface area contributed by atoms with E-state index in [-0.39, 0.29) is 0 Å². The predicted molar refractivity (Wildman–Crippen MR) is 94.5 cm³/mol. The van der Waals surface area contributed by atoms with Crippen molar-refractivity contribution < 1.29 is 0 Å². The summed E-state index contributed by atoms with van der Waals surface area (Å²) in [5.41, 5.74) is 0. The molecule has 0 aromatic carbocycles. The van der Waals surface area contributed by atoms with E-state index in [0.29, 0.717) is 6.04 Å². The Morgan fingerprint density at radius 1 is 1.45 bits per heavy atom. The van der Waals surface area contributed by atoms with Crippen LogP contribution in [0.15, 0.2) is 11.2 Å². The molecule has 2 heterocycles. The van der Waals surface area contributed by atoms with Gasteiger partial charge >= 0.3 is 0 Å². The minimum absolute atomic E-state index is 0.521. The summed E-state index contributed by atoms with van der Waals surface area (Å²) < 4.78 is 0. The Hall–Kier alpha value is -1.14. The highest BCUT2D eigenvalue weighted by atomic mass is 32.1. The third-order valence-corrected chi connectivity index (χ3v) is 4.76. The zero-order chi connectivity index (χ0) is 15.9. The number of aliphatic imine (C=N–C) groups is 1. The van der Waals surface area contributed by atoms with Crippen LogP contribution in [0.2, 0.25) is 0 Å². The summed E-state index contributed by atoms with van der Waals surface area (Å²) in [6, 6.07) is 0.521. The summed E-state index contributed by atoms with van der Waals surface area (Å²) in [5, 5.41) is 8.01. The number of aryl methyl sites for hydroxylation is 1. The van der Waals surface area contributed by atoms with Crippen LogP contribution in [0.25, 0.3) is 0 Å². The molecule has 1 aliphatic rings. The zero-order valence-electron chi connectivity index (χ0n) is 14.2. The summed E-state index contributed by atoms with van der Waals surface area (Å²) in [6.45, 7) is 11.0. The summed E-state index contributed by atoms with van der Waals surface area (Å²) >= 11 is 1.73. The average Bonchev–Trinajstić information content (AvgIpc) is 2.90. The van der Waals surface area contributed by atoms with Gasteiger partial charge in [-0.15, -0.1) is 11.3 Å². The van der Waals surface area contributed by atoms with Crippen LogP contribution in [0.5, 0.6) is 0 Å². The van der Waals surface area contributed by atoms with E-state index in [1.165, 1.54) is 37.4 Å². The van der Waals surface area contributed by atoms with Gasteiger partial charge in [0.2, 0.25) is 0 Å². The number of likely N-dealkylation sites (tertiary alicyclic amines) is 1. The number of rotatable bonds is 5. The Morgan fingerprint density at radius 3 is 2.73 bits per heavy atom. The number of aromatic nitrogens is 1. The zero-order valence-corrected chi connectivity index (χ0v) is 15.0. The number of hydrogen-bond donors (Lipinski definition) is 2. The number of piperidine rings is 1. The first-order valence-corrected chi connectivity index (χ1v) is 8.99. The fourth-order valence-electron chi connectivity index (χ4n) is 2.81. The maximum atomic E-state index is 4.37. The van der Waals surface area contributed by atoms with Crippen molar-refractivity contribution in [1.82, 2.24) is 20.5 Å². The normalized spacial score (nSPS) is 18.0. The molecule has 1 fully saturated rings. The SMILES string of the molecule is CN=C(NCc1ncc(C)s1)NC1CCN(CC(C)C)CC1. The second-order valence-electron chi connectivity index (χ2n) is 6.40. The van der Waals surface area contributed by atoms with Gasteiger partial charge < -0.3 is 15.5 Å². The maximum absolute atomic E-state index is 4.37. The molecule has 124 valence electrons. The lowest BCUT2D eigenvalue weighted by Crippen LogP contribution is -2.48. The second kappa shape index (κ2) is 8.48. The van der Waals surface area contributed by atoms with Crippen LogP contribution in [-0.4, -0.2) is 48.6 Å². The van der Waals surface area contributed by atoms with Crippen molar-refractivity contribution in [2.24, 2.45) is 10.9 Å². The molecular weight excluding hydrogens is 294 g/mol. The number of hydrogen-bond acceptors (Lipinski definition) is 4. The van der Waals surface area contributed by atoms with Gasteiger partial charge in [0, 0.05) is 43.8 Å². The van der Waals surface area contributed by atoms with Crippen LogP contribution in [0, 0.1) is 12.8 Å². The van der Waals surface area contributed by atoms with E-state index in [0.717, 1.165) is 23.4 Å². The van der Waals surface area contributed by atoms with Crippen molar-refractivity contribution in [1.29, 1.82) is 0 Å². The topological polar surface area (TPSA) is 52.6 Å². The minimum atomic E-state index is 0.521. The first-order chi connectivity index (χ1) is 10.6. The van der Waals surface area contributed by atoms with Crippen molar-refractivity contribution >= 4 is 17.3 Å². The van der Waals surface area contributed by atoms with Gasteiger partial charge in [-0.3, -0.25) is 4.99 Å². The summed E-state index contributed by atoms with van der Waals surface area (Å²) in [6.07, 6.45) is 4.29. The Morgan fingerprint density at radius 2 is 2.18 bits per heavy atom. The predicted octanol–water partition coefficient (Wildman–Crippen LogP) is 2.24. The van der Waals surface area contributed by atoms with E-state index >= 15 is 0 Å². The average molecular weight is 324 g/mol. The summed E-state index contributed by atoms with van der Waals surface area (Å²) in [7, 11) is 1.83. The molecule has 0 radical (unpaired) electrons. The molecule has 1 aromatic heterocycles. The fraction of sp³-hybridized carbons (Fsp3) is 0.750. The van der Waals surface area contributed by atoms with E-state index < -0.39 is 0 Å². The molecule has 2 N–H and O–H groups in total. The largest absolute Gasteiger partial charge is 0.354 e. The van der Waals surface area contributed by atoms with Crippen LogP contribution >= 0.6 is 11.3 Å². The molecule has 1 aromatic rings. The number of nitrogens with one attached hydrogen (secondary N) is 2. The minimum Gasteiger partial charge on any atom is -0.354 e. The quantitative estimate of drug-likeness (QED) is 0.644. The van der Waals surface area contributed by atoms with E-state index in [4.69, 9.17) is 0 Å². The van der Waals surface area contributed by atoms with Crippen LogP contribution in [-0.2, 0) is 6.54 Å². The van der Waals surface area contributed by atoms with E-state index in [2.05, 4.69) is 46.3 Å². The van der Waals surface area contributed by atoms with E-state index in [1.54, 1.807) is 11.3 Å². The molecule has 5 nitrogen and oxygen atoms in total. The van der Waals surface area contributed by atoms with Crippen LogP contribution in [0.3, 0.4) is 0 Å². The van der Waals surface area contributed by atoms with Crippen molar-refractivity contribution in [2.45, 2.75) is 46.2 Å². The first kappa shape index (κ1) is 17.2. The highest BCUT2D eigenvalue weighted by Crippen LogP contribution is 2.12. The van der Waals surface area contributed by atoms with Gasteiger partial charge in [-0.1, -0.05) is 13.8 Å². The third-order valence-electron chi connectivity index (χ3n) is 3.85. The van der Waals surface area contributed by atoms with Gasteiger partial charge in [-0.05, 0) is 25.7 Å². The highest BCUT2D eigenvalue weighted by Gasteiger charge is 2.20. The molecule has 0 bridgehead atoms. The highest BCUT2D eigenvalue weighted by molar-refractivity contribution is 7.11. The van der Waals surface area contributed by atoms with Crippen molar-refractivity contribution in [3.05, 3.63) is 16.1 Å². The van der Waals surface area contributed by atoms with Crippen molar-refractivity contribution in [3.63, 3.8) is 0 Å². The number of nitrogens with zero attached hydrogens (tertiary/aromatic N) is 3. The molecule has 2 rings (SSSR count). The lowest BCUT2D eigenvalue weighted by atomic mass is 10.0. The molecular formula is C16H29N5S. The Balaban J connectivity index is 1.72. The number of thiazole rings is 1. The Kier molecular flexibility index (Phi) is 6.64. The Labute approximate surface area is 138 Å². The lowest BCUT2D eigenvalue weighted by molar-refractivity contribution is 0.187. The van der Waals surface area contributed by atoms with Crippen molar-refractivity contribution in [3.8, 4) is 0 Å². The van der Waals surface area contributed by atoms with Gasteiger partial charge in [0.05, 0.1) is 6.54 Å². The third kappa shape index (κ3) is 5.57. The molecule has 22 heavy (non-hydrogen) atoms. The van der Waals surface area contributed by atoms with Gasteiger partial charge in [0.25, 0.3) is 0 Å². The second-order valence-corrected chi connectivity index (χ2v) is 7.72. The standard InChI is InChI=1S/C16H29N5S/c1-12(2)11-21-7-5-14(6-8-21)20-16(17-4)19-10-15-18-9-13(3)22-15/h9,12,14H,5-8,10-11H2,1-4H3,(H2,17,19,20). The van der Waals surface area contributed by atoms with Crippen LogP contribution < -0.4 is 10.6 Å². The molecule has 0 unspecified atom stereocenters. The molecule has 0 amide bonds. The number of guanidine groups is 1. The smallest absolute Gasteiger partial charge is 0.191 e. The van der Waals surface area contributed by atoms with Gasteiger partial charge in [-0.2, -0.15) is 0 Å². The van der Waals surface area contributed by atoms with Gasteiger partial charge in [-0.25, -0.2) is 4.98 Å². The van der Waals surface area contributed by atoms with Crippen LogP contribution in [0.1, 0.15) is 36.6 Å². The Bertz CT molecular complexity index is 475. The monoisotopic (exact) mass is 323 g/mol. The molecule has 0 spiro atoms. The molecule has 1 saturated heterocycles. The van der Waals surface area contributed by atoms with Gasteiger partial charge in [0.1, 0.15) is 5.01 Å². The molecule has 0 atom stereocenters. The van der Waals surface area contributed by atoms with Crippen LogP contribution in [0.4, 0.5) is 0 Å². The molecule has 1 aliphatic heterocycles. The van der Waals surface area contributed by atoms with E-state index in [9.17, 15) is 0 Å². The maximum Gasteiger partial charge on any atom is 0.191 e. The molecule has 0 saturated carbocycles. The van der Waals surface area contributed by atoms with Crippen molar-refractivity contribution in [2.75, 3.05) is 26.7 Å². The summed E-state index contributed by atoms with van der Waals surface area (Å²) in [5.74, 6) is 1.64.